The Morgan fingerprint density at radius 2 is 1.61 bits per heavy atom. The van der Waals surface area contributed by atoms with Gasteiger partial charge in [0.2, 0.25) is 5.88 Å². The van der Waals surface area contributed by atoms with Crippen LogP contribution in [0.15, 0.2) is 66.7 Å². The Balaban J connectivity index is 1.77. The maximum atomic E-state index is 12.3. The van der Waals surface area contributed by atoms with Gasteiger partial charge in [-0.3, -0.25) is 9.10 Å². The number of carbonyl (C=O) groups excluding carboxylic acids is 1. The summed E-state index contributed by atoms with van der Waals surface area (Å²) in [4.78, 5) is 12.3. The molecule has 0 saturated heterocycles. The van der Waals surface area contributed by atoms with E-state index in [9.17, 15) is 18.3 Å². The largest absolute Gasteiger partial charge is 0.493 e. The van der Waals surface area contributed by atoms with Crippen LogP contribution in [0.4, 0.5) is 0 Å². The molecule has 0 amide bonds. The Morgan fingerprint density at radius 1 is 1.00 bits per heavy atom. The monoisotopic (exact) mass is 330 g/mol. The fourth-order valence-electron chi connectivity index (χ4n) is 2.25. The van der Waals surface area contributed by atoms with Crippen LogP contribution in [0.25, 0.3) is 0 Å². The molecule has 3 rings (SSSR count). The number of hydrogen-bond donors (Lipinski definition) is 2. The van der Waals surface area contributed by atoms with Gasteiger partial charge in [0.05, 0.1) is 12.7 Å². The molecule has 1 heterocycles. The third-order valence-electron chi connectivity index (χ3n) is 3.40. The lowest BCUT2D eigenvalue weighted by molar-refractivity contribution is 0.103. The number of aliphatic hydroxyl groups excluding tert-OH is 1. The van der Waals surface area contributed by atoms with E-state index in [4.69, 9.17) is 0 Å². The normalized spacial score (nSPS) is 15.8. The molecule has 0 saturated carbocycles. The van der Waals surface area contributed by atoms with Crippen LogP contribution in [0.3, 0.4) is 0 Å². The van der Waals surface area contributed by atoms with Crippen molar-refractivity contribution in [3.05, 3.63) is 83.4 Å². The molecule has 0 spiro atoms. The van der Waals surface area contributed by atoms with Crippen molar-refractivity contribution in [2.24, 2.45) is 0 Å². The van der Waals surface area contributed by atoms with E-state index in [0.717, 1.165) is 10.5 Å². The standard InChI is InChI=1S/C16H14N2O4S/c19-15-11-18(23(21,22)17-15)10-12-6-8-14(9-7-12)16(20)13-4-2-1-3-5-13/h1-9,11,17,19H,10H2. The molecule has 6 nitrogen and oxygen atoms in total. The summed E-state index contributed by atoms with van der Waals surface area (Å²) in [7, 11) is -3.73. The zero-order valence-corrected chi connectivity index (χ0v) is 12.8. The van der Waals surface area contributed by atoms with E-state index in [-0.39, 0.29) is 12.3 Å². The van der Waals surface area contributed by atoms with E-state index >= 15 is 0 Å². The number of nitrogens with one attached hydrogen (secondary N) is 1. The maximum Gasteiger partial charge on any atom is 0.326 e. The first-order chi connectivity index (χ1) is 11.0. The van der Waals surface area contributed by atoms with Gasteiger partial charge < -0.3 is 5.11 Å². The molecule has 0 bridgehead atoms. The number of nitrogens with zero attached hydrogens (tertiary/aromatic N) is 1. The second-order valence-electron chi connectivity index (χ2n) is 5.06. The van der Waals surface area contributed by atoms with Gasteiger partial charge in [0.25, 0.3) is 0 Å². The van der Waals surface area contributed by atoms with Crippen LogP contribution in [0, 0.1) is 0 Å². The number of ketones is 1. The van der Waals surface area contributed by atoms with Gasteiger partial charge in [0.15, 0.2) is 5.78 Å². The maximum absolute atomic E-state index is 12.3. The third kappa shape index (κ3) is 3.19. The topological polar surface area (TPSA) is 86.7 Å². The van der Waals surface area contributed by atoms with E-state index in [2.05, 4.69) is 0 Å². The SMILES string of the molecule is O=C(c1ccccc1)c1ccc(CN2C=C(O)NS2(=O)=O)cc1. The smallest absolute Gasteiger partial charge is 0.326 e. The van der Waals surface area contributed by atoms with Crippen molar-refractivity contribution in [3.63, 3.8) is 0 Å². The van der Waals surface area contributed by atoms with E-state index in [1.165, 1.54) is 0 Å². The van der Waals surface area contributed by atoms with Crippen molar-refractivity contribution in [1.29, 1.82) is 0 Å². The first-order valence-corrected chi connectivity index (χ1v) is 8.29. The molecule has 0 aromatic heterocycles. The minimum Gasteiger partial charge on any atom is -0.493 e. The van der Waals surface area contributed by atoms with Crippen LogP contribution < -0.4 is 4.72 Å². The molecule has 2 aromatic carbocycles. The van der Waals surface area contributed by atoms with Gasteiger partial charge in [-0.05, 0) is 5.56 Å². The van der Waals surface area contributed by atoms with Crippen LogP contribution in [0.5, 0.6) is 0 Å². The average Bonchev–Trinajstić information content (AvgIpc) is 2.80. The second kappa shape index (κ2) is 5.77. The van der Waals surface area contributed by atoms with Crippen molar-refractivity contribution >= 4 is 16.0 Å². The van der Waals surface area contributed by atoms with Gasteiger partial charge in [0.1, 0.15) is 0 Å². The van der Waals surface area contributed by atoms with Gasteiger partial charge in [-0.25, -0.2) is 4.72 Å². The number of hydrogen-bond acceptors (Lipinski definition) is 4. The van der Waals surface area contributed by atoms with E-state index in [1.807, 2.05) is 10.8 Å². The fraction of sp³-hybridized carbons (Fsp3) is 0.0625. The highest BCUT2D eigenvalue weighted by Gasteiger charge is 2.27. The number of carbonyl (C=O) groups is 1. The zero-order valence-electron chi connectivity index (χ0n) is 12.0. The molecular formula is C16H14N2O4S. The van der Waals surface area contributed by atoms with Crippen molar-refractivity contribution in [1.82, 2.24) is 9.03 Å². The minimum atomic E-state index is -3.73. The molecule has 0 radical (unpaired) electrons. The Hall–Kier alpha value is -2.80. The summed E-state index contributed by atoms with van der Waals surface area (Å²) < 4.78 is 26.3. The molecule has 118 valence electrons. The summed E-state index contributed by atoms with van der Waals surface area (Å²) in [6, 6.07) is 15.6. The van der Waals surface area contributed by atoms with Gasteiger partial charge in [-0.2, -0.15) is 8.42 Å². The molecule has 2 N–H and O–H groups in total. The molecule has 0 fully saturated rings. The van der Waals surface area contributed by atoms with Gasteiger partial charge >= 0.3 is 10.2 Å². The Bertz CT molecular complexity index is 859. The first-order valence-electron chi connectivity index (χ1n) is 6.85. The quantitative estimate of drug-likeness (QED) is 0.839. The summed E-state index contributed by atoms with van der Waals surface area (Å²) in [5.74, 6) is -0.508. The zero-order chi connectivity index (χ0) is 16.4. The predicted molar refractivity (Wildman–Crippen MR) is 84.6 cm³/mol. The Kier molecular flexibility index (Phi) is 3.79. The van der Waals surface area contributed by atoms with E-state index in [0.29, 0.717) is 16.7 Å². The summed E-state index contributed by atoms with van der Waals surface area (Å²) in [6.07, 6.45) is 1.11. The molecule has 1 aliphatic heterocycles. The average molecular weight is 330 g/mol. The molecule has 7 heteroatoms. The van der Waals surface area contributed by atoms with Gasteiger partial charge in [0, 0.05) is 11.1 Å². The lowest BCUT2D eigenvalue weighted by atomic mass is 10.0. The number of benzene rings is 2. The second-order valence-corrected chi connectivity index (χ2v) is 6.68. The van der Waals surface area contributed by atoms with Crippen LogP contribution >= 0.6 is 0 Å². The molecule has 0 atom stereocenters. The van der Waals surface area contributed by atoms with Gasteiger partial charge in [-0.15, -0.1) is 0 Å². The molecular weight excluding hydrogens is 316 g/mol. The summed E-state index contributed by atoms with van der Waals surface area (Å²) in [5, 5.41) is 9.24. The van der Waals surface area contributed by atoms with Gasteiger partial charge in [-0.1, -0.05) is 54.6 Å². The lowest BCUT2D eigenvalue weighted by Gasteiger charge is -2.13. The van der Waals surface area contributed by atoms with Crippen molar-refractivity contribution in [2.75, 3.05) is 0 Å². The first kappa shape index (κ1) is 15.1. The molecule has 1 aliphatic rings. The van der Waals surface area contributed by atoms with Crippen molar-refractivity contribution in [2.45, 2.75) is 6.54 Å². The molecule has 2 aromatic rings. The highest BCUT2D eigenvalue weighted by Crippen LogP contribution is 2.17. The van der Waals surface area contributed by atoms with E-state index < -0.39 is 16.1 Å². The van der Waals surface area contributed by atoms with Crippen molar-refractivity contribution in [3.8, 4) is 0 Å². The van der Waals surface area contributed by atoms with Crippen molar-refractivity contribution < 1.29 is 18.3 Å². The number of aliphatic hydroxyl groups is 1. The van der Waals surface area contributed by atoms with Crippen LogP contribution in [-0.4, -0.2) is 23.6 Å². The molecule has 0 unspecified atom stereocenters. The highest BCUT2D eigenvalue weighted by molar-refractivity contribution is 7.87. The third-order valence-corrected chi connectivity index (χ3v) is 4.72. The summed E-state index contributed by atoms with van der Waals surface area (Å²) >= 11 is 0. The summed E-state index contributed by atoms with van der Waals surface area (Å²) in [6.45, 7) is 0.0687. The molecule has 0 aliphatic carbocycles. The predicted octanol–water partition coefficient (Wildman–Crippen LogP) is 1.92. The Labute approximate surface area is 133 Å². The Morgan fingerprint density at radius 3 is 2.17 bits per heavy atom. The highest BCUT2D eigenvalue weighted by atomic mass is 32.2. The lowest BCUT2D eigenvalue weighted by Crippen LogP contribution is -2.29. The van der Waals surface area contributed by atoms with Crippen LogP contribution in [0.1, 0.15) is 21.5 Å². The summed E-state index contributed by atoms with van der Waals surface area (Å²) in [5.41, 5.74) is 1.83. The van der Waals surface area contributed by atoms with Crippen LogP contribution in [-0.2, 0) is 16.8 Å². The minimum absolute atomic E-state index is 0.0687. The number of rotatable bonds is 4. The molecule has 23 heavy (non-hydrogen) atoms. The van der Waals surface area contributed by atoms with E-state index in [1.54, 1.807) is 48.5 Å². The van der Waals surface area contributed by atoms with Crippen LogP contribution in [0.2, 0.25) is 0 Å². The fourth-order valence-corrected chi connectivity index (χ4v) is 3.24.